The maximum absolute atomic E-state index is 9.64. The van der Waals surface area contributed by atoms with Gasteiger partial charge in [0, 0.05) is 13.6 Å². The van der Waals surface area contributed by atoms with Crippen molar-refractivity contribution in [2.75, 3.05) is 11.9 Å². The van der Waals surface area contributed by atoms with E-state index in [4.69, 9.17) is 0 Å². The van der Waals surface area contributed by atoms with Gasteiger partial charge < -0.3 is 10.0 Å². The highest BCUT2D eigenvalue weighted by Crippen LogP contribution is 2.30. The van der Waals surface area contributed by atoms with E-state index >= 15 is 0 Å². The van der Waals surface area contributed by atoms with Crippen molar-refractivity contribution >= 4 is 16.5 Å². The number of aliphatic hydroxyl groups excluding tert-OH is 1. The molecular weight excluding hydrogens is 244 g/mol. The Labute approximate surface area is 112 Å². The van der Waals surface area contributed by atoms with Crippen LogP contribution in [0.25, 0.3) is 0 Å². The molecule has 0 saturated heterocycles. The van der Waals surface area contributed by atoms with Crippen LogP contribution in [0.1, 0.15) is 29.2 Å². The average Bonchev–Trinajstić information content (AvgIpc) is 2.73. The molecule has 0 aliphatic heterocycles. The van der Waals surface area contributed by atoms with E-state index in [0.717, 1.165) is 22.2 Å². The first-order chi connectivity index (χ1) is 8.58. The Hall–Kier alpha value is -1.39. The Morgan fingerprint density at radius 3 is 2.56 bits per heavy atom. The van der Waals surface area contributed by atoms with Crippen molar-refractivity contribution in [3.05, 3.63) is 46.5 Å². The number of aryl methyl sites for hydroxylation is 1. The van der Waals surface area contributed by atoms with Crippen LogP contribution < -0.4 is 4.90 Å². The molecule has 0 saturated carbocycles. The topological polar surface area (TPSA) is 36.4 Å². The smallest absolute Gasteiger partial charge is 0.185 e. The van der Waals surface area contributed by atoms with Gasteiger partial charge in [0.15, 0.2) is 5.13 Å². The summed E-state index contributed by atoms with van der Waals surface area (Å²) < 4.78 is 0. The van der Waals surface area contributed by atoms with E-state index in [1.807, 2.05) is 32.2 Å². The van der Waals surface area contributed by atoms with Gasteiger partial charge >= 0.3 is 0 Å². The Balaban J connectivity index is 2.14. The van der Waals surface area contributed by atoms with Crippen LogP contribution in [0.5, 0.6) is 0 Å². The van der Waals surface area contributed by atoms with Gasteiger partial charge in [0.1, 0.15) is 0 Å². The van der Waals surface area contributed by atoms with Crippen LogP contribution in [0.15, 0.2) is 30.3 Å². The Kier molecular flexibility index (Phi) is 3.99. The molecule has 1 N–H and O–H groups in total. The summed E-state index contributed by atoms with van der Waals surface area (Å²) in [6.45, 7) is 4.55. The molecule has 1 atom stereocenters. The van der Waals surface area contributed by atoms with Gasteiger partial charge in [-0.2, -0.15) is 0 Å². The Morgan fingerprint density at radius 2 is 2.00 bits per heavy atom. The molecule has 96 valence electrons. The number of thiazole rings is 1. The number of nitrogens with zero attached hydrogens (tertiary/aromatic N) is 2. The van der Waals surface area contributed by atoms with Crippen molar-refractivity contribution < 1.29 is 5.11 Å². The van der Waals surface area contributed by atoms with Crippen LogP contribution in [0.4, 0.5) is 5.13 Å². The number of aromatic nitrogens is 1. The summed E-state index contributed by atoms with van der Waals surface area (Å²) in [5.74, 6) is 0. The molecule has 0 aliphatic carbocycles. The van der Waals surface area contributed by atoms with Crippen LogP contribution in [-0.4, -0.2) is 17.1 Å². The molecule has 1 aromatic carbocycles. The summed E-state index contributed by atoms with van der Waals surface area (Å²) in [6.07, 6.45) is -0.443. The average molecular weight is 262 g/mol. The zero-order valence-electron chi connectivity index (χ0n) is 10.9. The molecule has 0 aliphatic rings. The van der Waals surface area contributed by atoms with Gasteiger partial charge in [0.2, 0.25) is 0 Å². The minimum absolute atomic E-state index is 0.443. The van der Waals surface area contributed by atoms with Crippen molar-refractivity contribution in [1.82, 2.24) is 4.98 Å². The van der Waals surface area contributed by atoms with E-state index in [0.29, 0.717) is 0 Å². The van der Waals surface area contributed by atoms with Crippen molar-refractivity contribution in [3.8, 4) is 0 Å². The molecule has 1 unspecified atom stereocenters. The molecule has 0 bridgehead atoms. The monoisotopic (exact) mass is 262 g/mol. The van der Waals surface area contributed by atoms with Crippen molar-refractivity contribution in [2.24, 2.45) is 0 Å². The van der Waals surface area contributed by atoms with Crippen molar-refractivity contribution in [2.45, 2.75) is 26.5 Å². The van der Waals surface area contributed by atoms with Gasteiger partial charge in [-0.15, -0.1) is 0 Å². The van der Waals surface area contributed by atoms with Gasteiger partial charge in [-0.3, -0.25) is 0 Å². The van der Waals surface area contributed by atoms with Crippen LogP contribution >= 0.6 is 11.3 Å². The summed E-state index contributed by atoms with van der Waals surface area (Å²) in [4.78, 5) is 7.57. The largest absolute Gasteiger partial charge is 0.388 e. The molecule has 1 aromatic heterocycles. The molecule has 2 rings (SSSR count). The minimum Gasteiger partial charge on any atom is -0.388 e. The van der Waals surface area contributed by atoms with Crippen LogP contribution in [0, 0.1) is 6.92 Å². The van der Waals surface area contributed by atoms with E-state index in [2.05, 4.69) is 22.0 Å². The van der Waals surface area contributed by atoms with Crippen molar-refractivity contribution in [3.63, 3.8) is 0 Å². The highest BCUT2D eigenvalue weighted by Gasteiger charge is 2.14. The number of aliphatic hydroxyl groups is 1. The predicted octanol–water partition coefficient (Wildman–Crippen LogP) is 3.14. The molecule has 1 heterocycles. The molecule has 0 fully saturated rings. The van der Waals surface area contributed by atoms with Gasteiger partial charge in [0.05, 0.1) is 16.7 Å². The second-order valence-electron chi connectivity index (χ2n) is 4.46. The highest BCUT2D eigenvalue weighted by molar-refractivity contribution is 7.15. The van der Waals surface area contributed by atoms with Crippen LogP contribution in [0.2, 0.25) is 0 Å². The standard InChI is InChI=1S/C14H18N2OS/c1-10-13(11(2)17)18-14(15-10)16(3)9-12-7-5-4-6-8-12/h4-8,11,17H,9H2,1-3H3. The molecule has 18 heavy (non-hydrogen) atoms. The second-order valence-corrected chi connectivity index (χ2v) is 5.47. The normalized spacial score (nSPS) is 12.4. The minimum atomic E-state index is -0.443. The molecule has 3 nitrogen and oxygen atoms in total. The lowest BCUT2D eigenvalue weighted by molar-refractivity contribution is 0.202. The molecule has 0 radical (unpaired) electrons. The van der Waals surface area contributed by atoms with E-state index < -0.39 is 6.10 Å². The summed E-state index contributed by atoms with van der Waals surface area (Å²) in [5, 5.41) is 10.6. The van der Waals surface area contributed by atoms with E-state index in [-0.39, 0.29) is 0 Å². The fourth-order valence-corrected chi connectivity index (χ4v) is 2.83. The van der Waals surface area contributed by atoms with Gasteiger partial charge in [-0.25, -0.2) is 4.98 Å². The van der Waals surface area contributed by atoms with E-state index in [1.54, 1.807) is 18.3 Å². The first kappa shape index (κ1) is 13.1. The van der Waals surface area contributed by atoms with E-state index in [9.17, 15) is 5.11 Å². The second kappa shape index (κ2) is 5.50. The lowest BCUT2D eigenvalue weighted by Crippen LogP contribution is -2.15. The molecule has 0 amide bonds. The Bertz CT molecular complexity index is 508. The maximum Gasteiger partial charge on any atom is 0.185 e. The van der Waals surface area contributed by atoms with Crippen LogP contribution in [-0.2, 0) is 6.54 Å². The fraction of sp³-hybridized carbons (Fsp3) is 0.357. The summed E-state index contributed by atoms with van der Waals surface area (Å²) in [6, 6.07) is 10.3. The summed E-state index contributed by atoms with van der Waals surface area (Å²) in [7, 11) is 2.02. The molecule has 2 aromatic rings. The molecule has 4 heteroatoms. The maximum atomic E-state index is 9.64. The lowest BCUT2D eigenvalue weighted by atomic mass is 10.2. The predicted molar refractivity (Wildman–Crippen MR) is 76.0 cm³/mol. The summed E-state index contributed by atoms with van der Waals surface area (Å²) >= 11 is 1.56. The van der Waals surface area contributed by atoms with Crippen molar-refractivity contribution in [1.29, 1.82) is 0 Å². The first-order valence-corrected chi connectivity index (χ1v) is 6.80. The zero-order valence-corrected chi connectivity index (χ0v) is 11.7. The fourth-order valence-electron chi connectivity index (χ4n) is 1.87. The lowest BCUT2D eigenvalue weighted by Gasteiger charge is -2.15. The van der Waals surface area contributed by atoms with Gasteiger partial charge in [-0.1, -0.05) is 41.7 Å². The number of hydrogen-bond donors (Lipinski definition) is 1. The van der Waals surface area contributed by atoms with Crippen LogP contribution in [0.3, 0.4) is 0 Å². The SMILES string of the molecule is Cc1nc(N(C)Cc2ccccc2)sc1C(C)O. The van der Waals surface area contributed by atoms with Gasteiger partial charge in [-0.05, 0) is 19.4 Å². The number of hydrogen-bond acceptors (Lipinski definition) is 4. The van der Waals surface area contributed by atoms with Gasteiger partial charge in [0.25, 0.3) is 0 Å². The number of benzene rings is 1. The molecule has 0 spiro atoms. The highest BCUT2D eigenvalue weighted by atomic mass is 32.1. The quantitative estimate of drug-likeness (QED) is 0.919. The Morgan fingerprint density at radius 1 is 1.33 bits per heavy atom. The molecular formula is C14H18N2OS. The zero-order chi connectivity index (χ0) is 13.1. The first-order valence-electron chi connectivity index (χ1n) is 5.98. The third-order valence-corrected chi connectivity index (χ3v) is 4.23. The van der Waals surface area contributed by atoms with E-state index in [1.165, 1.54) is 5.56 Å². The number of rotatable bonds is 4. The third kappa shape index (κ3) is 2.89. The third-order valence-electron chi connectivity index (χ3n) is 2.79. The summed E-state index contributed by atoms with van der Waals surface area (Å²) in [5.41, 5.74) is 2.18. The number of anilines is 1.